The molecule has 2 heterocycles. The molecule has 2 atom stereocenters. The summed E-state index contributed by atoms with van der Waals surface area (Å²) in [5.74, 6) is 0.776. The van der Waals surface area contributed by atoms with E-state index in [-0.39, 0.29) is 24.0 Å². The topological polar surface area (TPSA) is 85.8 Å². The Hall–Kier alpha value is -0.130. The van der Waals surface area contributed by atoms with E-state index in [9.17, 15) is 8.42 Å². The van der Waals surface area contributed by atoms with Gasteiger partial charge in [-0.3, -0.25) is 4.99 Å². The molecular formula is C17H36IN5O2S. The average molecular weight is 501 g/mol. The van der Waals surface area contributed by atoms with Crippen molar-refractivity contribution in [1.29, 1.82) is 0 Å². The normalized spacial score (nSPS) is 27.6. The molecule has 9 heteroatoms. The van der Waals surface area contributed by atoms with Gasteiger partial charge in [0.1, 0.15) is 0 Å². The zero-order chi connectivity index (χ0) is 18.7. The van der Waals surface area contributed by atoms with Crippen molar-refractivity contribution in [2.24, 2.45) is 4.99 Å². The summed E-state index contributed by atoms with van der Waals surface area (Å²) < 4.78 is 25.6. The lowest BCUT2D eigenvalue weighted by Crippen LogP contribution is -2.57. The summed E-state index contributed by atoms with van der Waals surface area (Å²) in [4.78, 5) is 7.18. The number of halogens is 1. The second-order valence-electron chi connectivity index (χ2n) is 8.17. The fourth-order valence-electron chi connectivity index (χ4n) is 4.06. The van der Waals surface area contributed by atoms with Crippen molar-refractivity contribution in [3.05, 3.63) is 0 Å². The van der Waals surface area contributed by atoms with E-state index in [1.807, 2.05) is 20.8 Å². The van der Waals surface area contributed by atoms with Crippen LogP contribution in [0.5, 0.6) is 0 Å². The molecule has 0 radical (unpaired) electrons. The second kappa shape index (κ2) is 9.88. The fraction of sp³-hybridized carbons (Fsp3) is 0.941. The van der Waals surface area contributed by atoms with Crippen molar-refractivity contribution in [2.45, 2.75) is 76.5 Å². The van der Waals surface area contributed by atoms with E-state index < -0.39 is 15.6 Å². The van der Waals surface area contributed by atoms with Crippen LogP contribution in [0.3, 0.4) is 0 Å². The summed E-state index contributed by atoms with van der Waals surface area (Å²) in [7, 11) is -0.998. The summed E-state index contributed by atoms with van der Waals surface area (Å²) in [6.07, 6.45) is 7.37. The molecule has 0 aromatic heterocycles. The van der Waals surface area contributed by atoms with Crippen molar-refractivity contribution in [2.75, 3.05) is 26.4 Å². The van der Waals surface area contributed by atoms with Gasteiger partial charge in [-0.05, 0) is 53.5 Å². The molecule has 2 saturated heterocycles. The Morgan fingerprint density at radius 2 is 1.81 bits per heavy atom. The number of hydrogen-bond acceptors (Lipinski definition) is 4. The van der Waals surface area contributed by atoms with Gasteiger partial charge in [0.15, 0.2) is 5.96 Å². The third kappa shape index (κ3) is 7.47. The van der Waals surface area contributed by atoms with Gasteiger partial charge in [0.2, 0.25) is 10.0 Å². The second-order valence-corrected chi connectivity index (χ2v) is 9.92. The molecule has 3 N–H and O–H groups in total. The van der Waals surface area contributed by atoms with Gasteiger partial charge in [-0.15, -0.1) is 24.0 Å². The van der Waals surface area contributed by atoms with Gasteiger partial charge < -0.3 is 15.5 Å². The molecule has 26 heavy (non-hydrogen) atoms. The van der Waals surface area contributed by atoms with Crippen LogP contribution < -0.4 is 15.4 Å². The van der Waals surface area contributed by atoms with Gasteiger partial charge >= 0.3 is 0 Å². The molecular weight excluding hydrogens is 465 g/mol. The standard InChI is InChI=1S/C17H35N5O2S.HI/c1-6-18-16(19-12-17(2,3)21-25(5,23)24)20-13-10-14-8-7-9-15(11-13)22(14)4;/h13-15,21H,6-12H2,1-5H3,(H2,18,19,20);1H. The highest BCUT2D eigenvalue weighted by molar-refractivity contribution is 14.0. The minimum atomic E-state index is -3.25. The first-order valence-electron chi connectivity index (χ1n) is 9.35. The lowest BCUT2D eigenvalue weighted by Gasteiger charge is -2.47. The molecule has 2 bridgehead atoms. The van der Waals surface area contributed by atoms with E-state index in [2.05, 4.69) is 32.3 Å². The monoisotopic (exact) mass is 501 g/mol. The summed E-state index contributed by atoms with van der Waals surface area (Å²) >= 11 is 0. The van der Waals surface area contributed by atoms with Crippen molar-refractivity contribution in [1.82, 2.24) is 20.3 Å². The summed E-state index contributed by atoms with van der Waals surface area (Å²) in [5.41, 5.74) is -0.612. The van der Waals surface area contributed by atoms with Crippen LogP contribution in [0, 0.1) is 0 Å². The smallest absolute Gasteiger partial charge is 0.209 e. The maximum absolute atomic E-state index is 11.5. The summed E-state index contributed by atoms with van der Waals surface area (Å²) in [6.45, 7) is 6.91. The predicted octanol–water partition coefficient (Wildman–Crippen LogP) is 1.50. The Bertz CT molecular complexity index is 568. The van der Waals surface area contributed by atoms with Crippen LogP contribution in [0.1, 0.15) is 52.9 Å². The molecule has 0 saturated carbocycles. The molecule has 0 aliphatic carbocycles. The first kappa shape index (κ1) is 23.9. The van der Waals surface area contributed by atoms with E-state index in [0.717, 1.165) is 25.3 Å². The van der Waals surface area contributed by atoms with Gasteiger partial charge in [-0.25, -0.2) is 13.1 Å². The van der Waals surface area contributed by atoms with Crippen LogP contribution in [0.2, 0.25) is 0 Å². The molecule has 0 aromatic rings. The number of fused-ring (bicyclic) bond motifs is 2. The Kier molecular flexibility index (Phi) is 9.09. The minimum Gasteiger partial charge on any atom is -0.357 e. The Morgan fingerprint density at radius 1 is 1.23 bits per heavy atom. The number of piperidine rings is 2. The zero-order valence-electron chi connectivity index (χ0n) is 16.7. The number of guanidine groups is 1. The number of sulfonamides is 1. The molecule has 0 spiro atoms. The molecule has 154 valence electrons. The highest BCUT2D eigenvalue weighted by Crippen LogP contribution is 2.32. The van der Waals surface area contributed by atoms with E-state index in [1.165, 1.54) is 25.5 Å². The van der Waals surface area contributed by atoms with Crippen molar-refractivity contribution in [3.63, 3.8) is 0 Å². The van der Waals surface area contributed by atoms with Gasteiger partial charge in [0.05, 0.1) is 12.8 Å². The Labute approximate surface area is 176 Å². The number of nitrogens with zero attached hydrogens (tertiary/aromatic N) is 2. The van der Waals surface area contributed by atoms with Crippen molar-refractivity contribution >= 4 is 40.0 Å². The molecule has 2 aliphatic heterocycles. The highest BCUT2D eigenvalue weighted by Gasteiger charge is 2.36. The molecule has 7 nitrogen and oxygen atoms in total. The molecule has 0 amide bonds. The van der Waals surface area contributed by atoms with E-state index in [4.69, 9.17) is 0 Å². The quantitative estimate of drug-likeness (QED) is 0.292. The SMILES string of the molecule is CCNC(=NCC(C)(C)NS(C)(=O)=O)NC1CC2CCCC(C1)N2C.I. The first-order chi connectivity index (χ1) is 11.6. The van der Waals surface area contributed by atoms with Crippen LogP contribution in [0.4, 0.5) is 0 Å². The third-order valence-corrected chi connectivity index (χ3v) is 6.04. The zero-order valence-corrected chi connectivity index (χ0v) is 19.9. The van der Waals surface area contributed by atoms with Crippen LogP contribution in [0.25, 0.3) is 0 Å². The van der Waals surface area contributed by atoms with Crippen molar-refractivity contribution in [3.8, 4) is 0 Å². The molecule has 2 rings (SSSR count). The fourth-order valence-corrected chi connectivity index (χ4v) is 5.13. The number of nitrogens with one attached hydrogen (secondary N) is 3. The molecule has 2 aliphatic rings. The van der Waals surface area contributed by atoms with Crippen molar-refractivity contribution < 1.29 is 8.42 Å². The van der Waals surface area contributed by atoms with Gasteiger partial charge in [-0.2, -0.15) is 0 Å². The molecule has 2 unspecified atom stereocenters. The predicted molar refractivity (Wildman–Crippen MR) is 119 cm³/mol. The Morgan fingerprint density at radius 3 is 2.31 bits per heavy atom. The first-order valence-corrected chi connectivity index (χ1v) is 11.2. The molecule has 0 aromatic carbocycles. The Balaban J connectivity index is 0.00000338. The maximum atomic E-state index is 11.5. The van der Waals surface area contributed by atoms with E-state index >= 15 is 0 Å². The van der Waals surface area contributed by atoms with Crippen LogP contribution in [0.15, 0.2) is 4.99 Å². The number of hydrogen-bond donors (Lipinski definition) is 3. The van der Waals surface area contributed by atoms with E-state index in [1.54, 1.807) is 0 Å². The molecule has 2 fully saturated rings. The highest BCUT2D eigenvalue weighted by atomic mass is 127. The maximum Gasteiger partial charge on any atom is 0.209 e. The van der Waals surface area contributed by atoms with Crippen LogP contribution in [-0.2, 0) is 10.0 Å². The van der Waals surface area contributed by atoms with E-state index in [0.29, 0.717) is 24.7 Å². The average Bonchev–Trinajstić information content (AvgIpc) is 2.43. The van der Waals surface area contributed by atoms with Gasteiger partial charge in [0.25, 0.3) is 0 Å². The summed E-state index contributed by atoms with van der Waals surface area (Å²) in [5, 5.41) is 6.87. The lowest BCUT2D eigenvalue weighted by atomic mass is 9.82. The lowest BCUT2D eigenvalue weighted by molar-refractivity contribution is 0.0526. The number of aliphatic imine (C=N–C) groups is 1. The third-order valence-electron chi connectivity index (χ3n) is 5.12. The van der Waals surface area contributed by atoms with Crippen LogP contribution in [-0.4, -0.2) is 69.3 Å². The van der Waals surface area contributed by atoms with Gasteiger partial charge in [0, 0.05) is 30.2 Å². The summed E-state index contributed by atoms with van der Waals surface area (Å²) in [6, 6.07) is 1.75. The minimum absolute atomic E-state index is 0. The largest absolute Gasteiger partial charge is 0.357 e. The van der Waals surface area contributed by atoms with Gasteiger partial charge in [-0.1, -0.05) is 6.42 Å². The number of rotatable bonds is 6. The van der Waals surface area contributed by atoms with Crippen LogP contribution >= 0.6 is 24.0 Å².